The van der Waals surface area contributed by atoms with Crippen molar-refractivity contribution in [2.75, 3.05) is 11.9 Å². The van der Waals surface area contributed by atoms with Crippen LogP contribution in [0.4, 0.5) is 11.6 Å². The van der Waals surface area contributed by atoms with Crippen LogP contribution in [0, 0.1) is 17.0 Å². The number of esters is 1. The fourth-order valence-corrected chi connectivity index (χ4v) is 2.85. The fraction of sp³-hybridized carbons (Fsp3) is 0.312. The van der Waals surface area contributed by atoms with Crippen LogP contribution in [0.1, 0.15) is 31.3 Å². The Morgan fingerprint density at radius 2 is 2.20 bits per heavy atom. The summed E-state index contributed by atoms with van der Waals surface area (Å²) in [7, 11) is 0. The molecule has 1 aromatic heterocycles. The van der Waals surface area contributed by atoms with E-state index in [1.807, 2.05) is 0 Å². The first kappa shape index (κ1) is 16.6. The van der Waals surface area contributed by atoms with Crippen LogP contribution in [0.25, 0.3) is 0 Å². The van der Waals surface area contributed by atoms with Gasteiger partial charge in [-0.15, -0.1) is 0 Å². The third-order valence-corrected chi connectivity index (χ3v) is 3.85. The first-order valence-electron chi connectivity index (χ1n) is 7.74. The van der Waals surface area contributed by atoms with E-state index >= 15 is 0 Å². The minimum Gasteiger partial charge on any atom is -0.463 e. The summed E-state index contributed by atoms with van der Waals surface area (Å²) in [5, 5.41) is 18.5. The molecule has 2 heterocycles. The van der Waals surface area contributed by atoms with E-state index in [0.717, 1.165) is 0 Å². The lowest BCUT2D eigenvalue weighted by Crippen LogP contribution is -2.29. The molecule has 25 heavy (non-hydrogen) atoms. The summed E-state index contributed by atoms with van der Waals surface area (Å²) >= 11 is 0. The zero-order chi connectivity index (χ0) is 18.1. The van der Waals surface area contributed by atoms with Crippen LogP contribution in [0.2, 0.25) is 0 Å². The van der Waals surface area contributed by atoms with Crippen LogP contribution in [0.3, 0.4) is 0 Å². The van der Waals surface area contributed by atoms with Crippen LogP contribution in [0.15, 0.2) is 35.5 Å². The van der Waals surface area contributed by atoms with Gasteiger partial charge in [0.25, 0.3) is 5.69 Å². The SMILES string of the molecule is CCOC(=O)C1=C(C)Nc2nc(C)nn2C1c1cccc([N+](=O)[O-])c1. The first-order chi connectivity index (χ1) is 11.9. The summed E-state index contributed by atoms with van der Waals surface area (Å²) in [6, 6.07) is 5.48. The molecule has 1 aromatic carbocycles. The number of hydrogen-bond donors (Lipinski definition) is 1. The van der Waals surface area contributed by atoms with E-state index in [9.17, 15) is 14.9 Å². The summed E-state index contributed by atoms with van der Waals surface area (Å²) in [5.41, 5.74) is 1.43. The molecule has 9 heteroatoms. The van der Waals surface area contributed by atoms with Crippen LogP contribution < -0.4 is 5.32 Å². The number of ether oxygens (including phenoxy) is 1. The van der Waals surface area contributed by atoms with Crippen LogP contribution in [-0.2, 0) is 9.53 Å². The second kappa shape index (κ2) is 6.34. The summed E-state index contributed by atoms with van der Waals surface area (Å²) in [6.45, 7) is 5.42. The number of nitrogens with one attached hydrogen (secondary N) is 1. The number of fused-ring (bicyclic) bond motifs is 1. The Bertz CT molecular complexity index is 886. The molecule has 0 saturated heterocycles. The van der Waals surface area contributed by atoms with Gasteiger partial charge in [-0.3, -0.25) is 10.1 Å². The van der Waals surface area contributed by atoms with Gasteiger partial charge in [0.15, 0.2) is 0 Å². The number of non-ortho nitro benzene ring substituents is 1. The first-order valence-corrected chi connectivity index (χ1v) is 7.74. The van der Waals surface area contributed by atoms with Gasteiger partial charge in [-0.1, -0.05) is 12.1 Å². The standard InChI is InChI=1S/C16H17N5O4/c1-4-25-15(22)13-9(2)17-16-18-10(3)19-20(16)14(13)11-6-5-7-12(8-11)21(23)24/h5-8,14H,4H2,1-3H3,(H,17,18,19). The number of carbonyl (C=O) groups is 1. The zero-order valence-electron chi connectivity index (χ0n) is 14.0. The molecule has 130 valence electrons. The predicted molar refractivity (Wildman–Crippen MR) is 89.0 cm³/mol. The van der Waals surface area contributed by atoms with Crippen molar-refractivity contribution in [1.29, 1.82) is 0 Å². The normalized spacial score (nSPS) is 16.2. The van der Waals surface area contributed by atoms with Crippen molar-refractivity contribution >= 4 is 17.6 Å². The van der Waals surface area contributed by atoms with E-state index in [4.69, 9.17) is 4.74 Å². The lowest BCUT2D eigenvalue weighted by Gasteiger charge is -2.28. The Morgan fingerprint density at radius 1 is 1.44 bits per heavy atom. The number of nitrogens with zero attached hydrogens (tertiary/aromatic N) is 4. The molecule has 0 aliphatic carbocycles. The van der Waals surface area contributed by atoms with Crippen molar-refractivity contribution < 1.29 is 14.5 Å². The van der Waals surface area contributed by atoms with Crippen molar-refractivity contribution in [3.63, 3.8) is 0 Å². The Kier molecular flexibility index (Phi) is 4.22. The Labute approximate surface area is 143 Å². The molecule has 1 aliphatic heterocycles. The lowest BCUT2D eigenvalue weighted by atomic mass is 9.95. The van der Waals surface area contributed by atoms with Crippen LogP contribution >= 0.6 is 0 Å². The van der Waals surface area contributed by atoms with E-state index in [0.29, 0.717) is 28.6 Å². The molecule has 1 atom stereocenters. The smallest absolute Gasteiger partial charge is 0.338 e. The molecular weight excluding hydrogens is 326 g/mol. The van der Waals surface area contributed by atoms with Gasteiger partial charge >= 0.3 is 5.97 Å². The molecule has 0 amide bonds. The average molecular weight is 343 g/mol. The van der Waals surface area contributed by atoms with Gasteiger partial charge in [0.05, 0.1) is 17.1 Å². The Balaban J connectivity index is 2.19. The van der Waals surface area contributed by atoms with Crippen molar-refractivity contribution in [2.45, 2.75) is 26.8 Å². The van der Waals surface area contributed by atoms with E-state index in [2.05, 4.69) is 15.4 Å². The van der Waals surface area contributed by atoms with E-state index < -0.39 is 16.9 Å². The molecule has 0 spiro atoms. The van der Waals surface area contributed by atoms with Crippen molar-refractivity contribution in [1.82, 2.24) is 14.8 Å². The van der Waals surface area contributed by atoms with Crippen molar-refractivity contribution in [3.8, 4) is 0 Å². The molecule has 1 unspecified atom stereocenters. The summed E-state index contributed by atoms with van der Waals surface area (Å²) < 4.78 is 6.72. The second-order valence-electron chi connectivity index (χ2n) is 5.57. The molecule has 3 rings (SSSR count). The van der Waals surface area contributed by atoms with Crippen LogP contribution in [0.5, 0.6) is 0 Å². The van der Waals surface area contributed by atoms with Crippen molar-refractivity contribution in [3.05, 3.63) is 57.0 Å². The highest BCUT2D eigenvalue weighted by molar-refractivity contribution is 5.92. The molecule has 0 radical (unpaired) electrons. The zero-order valence-corrected chi connectivity index (χ0v) is 14.0. The van der Waals surface area contributed by atoms with Gasteiger partial charge in [0.1, 0.15) is 11.9 Å². The molecule has 2 aromatic rings. The molecule has 9 nitrogen and oxygen atoms in total. The van der Waals surface area contributed by atoms with Gasteiger partial charge in [-0.05, 0) is 26.3 Å². The number of aryl methyl sites for hydroxylation is 1. The monoisotopic (exact) mass is 343 g/mol. The van der Waals surface area contributed by atoms with Gasteiger partial charge in [0.2, 0.25) is 5.95 Å². The van der Waals surface area contributed by atoms with Gasteiger partial charge in [-0.25, -0.2) is 9.48 Å². The topological polar surface area (TPSA) is 112 Å². The largest absolute Gasteiger partial charge is 0.463 e. The predicted octanol–water partition coefficient (Wildman–Crippen LogP) is 2.35. The van der Waals surface area contributed by atoms with Gasteiger partial charge < -0.3 is 10.1 Å². The summed E-state index contributed by atoms with van der Waals surface area (Å²) in [4.78, 5) is 27.5. The molecular formula is C16H17N5O4. The van der Waals surface area contributed by atoms with Crippen molar-refractivity contribution in [2.24, 2.45) is 0 Å². The lowest BCUT2D eigenvalue weighted by molar-refractivity contribution is -0.384. The number of carbonyl (C=O) groups excluding carboxylic acids is 1. The fourth-order valence-electron chi connectivity index (χ4n) is 2.85. The third kappa shape index (κ3) is 2.95. The minimum absolute atomic E-state index is 0.0599. The highest BCUT2D eigenvalue weighted by Crippen LogP contribution is 2.36. The average Bonchev–Trinajstić information content (AvgIpc) is 2.93. The Hall–Kier alpha value is -3.23. The van der Waals surface area contributed by atoms with E-state index in [-0.39, 0.29) is 12.3 Å². The second-order valence-corrected chi connectivity index (χ2v) is 5.57. The highest BCUT2D eigenvalue weighted by Gasteiger charge is 2.35. The maximum atomic E-state index is 12.5. The van der Waals surface area contributed by atoms with E-state index in [1.165, 1.54) is 12.1 Å². The maximum Gasteiger partial charge on any atom is 0.338 e. The highest BCUT2D eigenvalue weighted by atomic mass is 16.6. The quantitative estimate of drug-likeness (QED) is 0.515. The number of hydrogen-bond acceptors (Lipinski definition) is 7. The third-order valence-electron chi connectivity index (χ3n) is 3.85. The number of allylic oxidation sites excluding steroid dienone is 1. The molecule has 0 bridgehead atoms. The number of rotatable bonds is 4. The number of benzene rings is 1. The molecule has 1 aliphatic rings. The van der Waals surface area contributed by atoms with E-state index in [1.54, 1.807) is 37.6 Å². The van der Waals surface area contributed by atoms with Gasteiger partial charge in [-0.2, -0.15) is 10.1 Å². The Morgan fingerprint density at radius 3 is 2.88 bits per heavy atom. The van der Waals surface area contributed by atoms with Gasteiger partial charge in [0, 0.05) is 17.8 Å². The number of anilines is 1. The molecule has 0 fully saturated rings. The number of nitro groups is 1. The maximum absolute atomic E-state index is 12.5. The molecule has 0 saturated carbocycles. The molecule has 1 N–H and O–H groups in total. The summed E-state index contributed by atoms with van der Waals surface area (Å²) in [5.74, 6) is 0.498. The van der Waals surface area contributed by atoms with Crippen LogP contribution in [-0.4, -0.2) is 32.3 Å². The number of nitro benzene ring substituents is 1. The summed E-state index contributed by atoms with van der Waals surface area (Å²) in [6.07, 6.45) is 0. The minimum atomic E-state index is -0.656. The number of aromatic nitrogens is 3.